The summed E-state index contributed by atoms with van der Waals surface area (Å²) in [6.07, 6.45) is 1.07. The second-order valence-corrected chi connectivity index (χ2v) is 9.16. The minimum Gasteiger partial charge on any atom is -0.464 e. The van der Waals surface area contributed by atoms with Crippen LogP contribution in [0.3, 0.4) is 0 Å². The fraction of sp³-hybridized carbons (Fsp3) is 0.407. The summed E-state index contributed by atoms with van der Waals surface area (Å²) in [6.45, 7) is 11.0. The van der Waals surface area contributed by atoms with Crippen molar-refractivity contribution in [1.82, 2.24) is 4.90 Å². The molecule has 0 saturated heterocycles. The number of nitrogens with zero attached hydrogens (tertiary/aromatic N) is 1. The Morgan fingerprint density at radius 2 is 1.94 bits per heavy atom. The van der Waals surface area contributed by atoms with Gasteiger partial charge >= 0.3 is 6.36 Å². The first-order chi connectivity index (χ1) is 16.1. The van der Waals surface area contributed by atoms with Crippen molar-refractivity contribution in [2.45, 2.75) is 64.6 Å². The Morgan fingerprint density at radius 1 is 1.26 bits per heavy atom. The maximum absolute atomic E-state index is 12.6. The Hall–Kier alpha value is -2.77. The highest BCUT2D eigenvalue weighted by Crippen LogP contribution is 2.49. The molecule has 0 aromatic heterocycles. The van der Waals surface area contributed by atoms with Gasteiger partial charge in [-0.3, -0.25) is 4.90 Å². The third-order valence-electron chi connectivity index (χ3n) is 6.85. The van der Waals surface area contributed by atoms with E-state index in [1.807, 2.05) is 32.9 Å². The van der Waals surface area contributed by atoms with Gasteiger partial charge in [0.25, 0.3) is 0 Å². The van der Waals surface area contributed by atoms with E-state index in [9.17, 15) is 18.3 Å². The molecule has 1 aliphatic carbocycles. The minimum atomic E-state index is -4.74. The van der Waals surface area contributed by atoms with E-state index in [-0.39, 0.29) is 11.3 Å². The van der Waals surface area contributed by atoms with Gasteiger partial charge in [-0.15, -0.1) is 19.8 Å². The minimum absolute atomic E-state index is 0.0833. The van der Waals surface area contributed by atoms with Crippen molar-refractivity contribution in [2.75, 3.05) is 6.54 Å². The van der Waals surface area contributed by atoms with Crippen LogP contribution < -0.4 is 9.47 Å². The highest BCUT2D eigenvalue weighted by atomic mass is 19.4. The lowest BCUT2D eigenvalue weighted by molar-refractivity contribution is -0.274. The molecule has 0 amide bonds. The van der Waals surface area contributed by atoms with Crippen molar-refractivity contribution in [2.24, 2.45) is 0 Å². The van der Waals surface area contributed by atoms with Gasteiger partial charge in [-0.1, -0.05) is 25.1 Å². The Morgan fingerprint density at radius 3 is 2.50 bits per heavy atom. The smallest absolute Gasteiger partial charge is 0.464 e. The zero-order valence-corrected chi connectivity index (χ0v) is 19.7. The summed E-state index contributed by atoms with van der Waals surface area (Å²) >= 11 is 0. The number of rotatable bonds is 7. The number of hydrogen-bond donors (Lipinski definition) is 1. The molecule has 1 unspecified atom stereocenters. The first-order valence-corrected chi connectivity index (χ1v) is 11.5. The molecule has 0 bridgehead atoms. The van der Waals surface area contributed by atoms with Crippen molar-refractivity contribution in [3.05, 3.63) is 71.5 Å². The number of allylic oxidation sites excluding steroid dienone is 1. The number of β-amino-alcohol motifs (C(OH)–C–C–N with tert-alkyl or cyclic N) is 1. The van der Waals surface area contributed by atoms with Crippen molar-refractivity contribution in [1.29, 1.82) is 0 Å². The lowest BCUT2D eigenvalue weighted by Crippen LogP contribution is -2.42. The van der Waals surface area contributed by atoms with E-state index >= 15 is 0 Å². The molecule has 1 fully saturated rings. The lowest BCUT2D eigenvalue weighted by Gasteiger charge is -2.38. The molecule has 34 heavy (non-hydrogen) atoms. The summed E-state index contributed by atoms with van der Waals surface area (Å²) in [7, 11) is 0. The molecule has 1 aliphatic heterocycles. The van der Waals surface area contributed by atoms with Gasteiger partial charge in [0.15, 0.2) is 0 Å². The molecule has 1 N–H and O–H groups in total. The maximum Gasteiger partial charge on any atom is 0.573 e. The van der Waals surface area contributed by atoms with E-state index in [1.54, 1.807) is 18.4 Å². The Balaban J connectivity index is 1.78. The molecule has 2 aliphatic rings. The zero-order chi connectivity index (χ0) is 24.7. The molecular formula is C27H30F3NO3. The van der Waals surface area contributed by atoms with E-state index in [4.69, 9.17) is 4.74 Å². The van der Waals surface area contributed by atoms with Crippen LogP contribution in [0.1, 0.15) is 55.9 Å². The molecule has 0 spiro atoms. The summed E-state index contributed by atoms with van der Waals surface area (Å²) in [5, 5.41) is 11.2. The van der Waals surface area contributed by atoms with Crippen molar-refractivity contribution in [3.63, 3.8) is 0 Å². The highest BCUT2D eigenvalue weighted by molar-refractivity contribution is 5.73. The summed E-state index contributed by atoms with van der Waals surface area (Å²) in [5.41, 5.74) is 5.10. The quantitative estimate of drug-likeness (QED) is 0.354. The van der Waals surface area contributed by atoms with Gasteiger partial charge in [0.05, 0.1) is 12.4 Å². The van der Waals surface area contributed by atoms with Gasteiger partial charge in [-0.2, -0.15) is 0 Å². The number of benzene rings is 2. The Kier molecular flexibility index (Phi) is 6.53. The van der Waals surface area contributed by atoms with Gasteiger partial charge in [0.1, 0.15) is 11.5 Å². The predicted octanol–water partition coefficient (Wildman–Crippen LogP) is 6.82. The molecule has 0 radical (unpaired) electrons. The Labute approximate surface area is 198 Å². The zero-order valence-electron chi connectivity index (χ0n) is 19.7. The fourth-order valence-electron chi connectivity index (χ4n) is 4.54. The molecule has 4 rings (SSSR count). The molecule has 2 aromatic rings. The Bertz CT molecular complexity index is 1100. The van der Waals surface area contributed by atoms with Crippen LogP contribution in [-0.2, 0) is 6.54 Å². The van der Waals surface area contributed by atoms with Crippen LogP contribution in [0.15, 0.2) is 54.8 Å². The van der Waals surface area contributed by atoms with Crippen LogP contribution in [-0.4, -0.2) is 28.5 Å². The van der Waals surface area contributed by atoms with E-state index in [1.165, 1.54) is 12.1 Å². The summed E-state index contributed by atoms with van der Waals surface area (Å²) in [6, 6.07) is 7.84. The largest absolute Gasteiger partial charge is 0.573 e. The first kappa shape index (κ1) is 24.4. The number of aliphatic hydroxyl groups excluding tert-OH is 1. The molecule has 182 valence electrons. The van der Waals surface area contributed by atoms with Gasteiger partial charge in [-0.05, 0) is 79.1 Å². The van der Waals surface area contributed by atoms with Crippen LogP contribution in [0.25, 0.3) is 11.1 Å². The number of aliphatic hydroxyl groups is 1. The predicted molar refractivity (Wildman–Crippen MR) is 126 cm³/mol. The third-order valence-corrected chi connectivity index (χ3v) is 6.85. The van der Waals surface area contributed by atoms with Crippen LogP contribution in [0.4, 0.5) is 13.2 Å². The molecule has 1 saturated carbocycles. The normalized spacial score (nSPS) is 20.0. The van der Waals surface area contributed by atoms with Crippen LogP contribution >= 0.6 is 0 Å². The van der Waals surface area contributed by atoms with Crippen molar-refractivity contribution >= 4 is 0 Å². The molecule has 7 heteroatoms. The average molecular weight is 474 g/mol. The van der Waals surface area contributed by atoms with Gasteiger partial charge < -0.3 is 14.6 Å². The lowest BCUT2D eigenvalue weighted by atomic mass is 9.87. The standard InChI is InChI=1S/C27H30F3NO3/c1-5-17(3)16-33-25-18(4)22(19-7-9-21(10-8-19)34-27(28,29)30)13-20-14-31(15-23(32)24(20)25)26(6-2)11-12-26/h6-10,13,16,23,32H,2,5,11-12,14-15H2,1,3-4H3/b17-16+. The molecule has 4 nitrogen and oxygen atoms in total. The second kappa shape index (κ2) is 9.12. The van der Waals surface area contributed by atoms with Crippen LogP contribution in [0.5, 0.6) is 11.5 Å². The average Bonchev–Trinajstić information content (AvgIpc) is 3.59. The van der Waals surface area contributed by atoms with Crippen molar-refractivity contribution in [3.8, 4) is 22.6 Å². The van der Waals surface area contributed by atoms with E-state index in [2.05, 4.69) is 16.2 Å². The molecule has 2 aromatic carbocycles. The maximum atomic E-state index is 12.6. The number of hydrogen-bond acceptors (Lipinski definition) is 4. The van der Waals surface area contributed by atoms with Crippen molar-refractivity contribution < 1.29 is 27.8 Å². The summed E-state index contributed by atoms with van der Waals surface area (Å²) < 4.78 is 47.9. The number of alkyl halides is 3. The highest BCUT2D eigenvalue weighted by Gasteiger charge is 2.47. The summed E-state index contributed by atoms with van der Waals surface area (Å²) in [4.78, 5) is 2.25. The van der Waals surface area contributed by atoms with E-state index in [0.29, 0.717) is 18.8 Å². The SMILES string of the molecule is C=CC1(N2Cc3cc(-c4ccc(OC(F)(F)F)cc4)c(C)c(O/C=C(\C)CC)c3C(O)C2)CC1. The first-order valence-electron chi connectivity index (χ1n) is 11.5. The topological polar surface area (TPSA) is 41.9 Å². The van der Waals surface area contributed by atoms with E-state index in [0.717, 1.165) is 52.7 Å². The summed E-state index contributed by atoms with van der Waals surface area (Å²) in [5.74, 6) is 0.333. The fourth-order valence-corrected chi connectivity index (χ4v) is 4.54. The monoisotopic (exact) mass is 473 g/mol. The molecular weight excluding hydrogens is 443 g/mol. The van der Waals surface area contributed by atoms with E-state index < -0.39 is 12.5 Å². The number of halogens is 3. The van der Waals surface area contributed by atoms with Gasteiger partial charge in [-0.25, -0.2) is 0 Å². The van der Waals surface area contributed by atoms with Gasteiger partial charge in [0, 0.05) is 24.2 Å². The molecule has 1 atom stereocenters. The molecule has 1 heterocycles. The number of ether oxygens (including phenoxy) is 2. The second-order valence-electron chi connectivity index (χ2n) is 9.16. The van der Waals surface area contributed by atoms with Crippen LogP contribution in [0, 0.1) is 6.92 Å². The van der Waals surface area contributed by atoms with Crippen LogP contribution in [0.2, 0.25) is 0 Å². The third kappa shape index (κ3) is 4.86. The number of fused-ring (bicyclic) bond motifs is 1. The van der Waals surface area contributed by atoms with Gasteiger partial charge in [0.2, 0.25) is 0 Å².